The number of aromatic nitrogens is 3. The maximum absolute atomic E-state index is 10.6. The molecule has 24 heavy (non-hydrogen) atoms. The number of non-ortho nitro benzene ring substituents is 1. The molecule has 0 atom stereocenters. The van der Waals surface area contributed by atoms with E-state index in [0.29, 0.717) is 15.9 Å². The van der Waals surface area contributed by atoms with Gasteiger partial charge in [0.25, 0.3) is 10.9 Å². The zero-order valence-corrected chi connectivity index (χ0v) is 13.0. The first-order valence-electron chi connectivity index (χ1n) is 7.03. The molecule has 0 saturated heterocycles. The Morgan fingerprint density at radius 2 is 1.83 bits per heavy atom. The number of rotatable bonds is 4. The molecule has 0 amide bonds. The van der Waals surface area contributed by atoms with E-state index in [2.05, 4.69) is 10.1 Å². The Morgan fingerprint density at radius 1 is 1.08 bits per heavy atom. The summed E-state index contributed by atoms with van der Waals surface area (Å²) >= 11 is 1.30. The van der Waals surface area contributed by atoms with Gasteiger partial charge in [-0.2, -0.15) is 0 Å². The largest absolute Gasteiger partial charge is 0.430 e. The fourth-order valence-electron chi connectivity index (χ4n) is 2.21. The number of fused-ring (bicyclic) bond motifs is 1. The standard InChI is InChI=1S/C16H10N4O3S/c21-20(22)12-6-8-13(9-7-12)23-16-18-19-10-14(17-15(19)24-16)11-4-2-1-3-5-11/h1-10H. The van der Waals surface area contributed by atoms with E-state index in [1.54, 1.807) is 4.52 Å². The minimum absolute atomic E-state index is 0.0174. The highest BCUT2D eigenvalue weighted by Crippen LogP contribution is 2.29. The summed E-state index contributed by atoms with van der Waals surface area (Å²) in [7, 11) is 0. The molecule has 0 spiro atoms. The normalized spacial score (nSPS) is 10.8. The summed E-state index contributed by atoms with van der Waals surface area (Å²) in [6.45, 7) is 0. The van der Waals surface area contributed by atoms with Crippen molar-refractivity contribution in [3.05, 3.63) is 70.9 Å². The quantitative estimate of drug-likeness (QED) is 0.412. The Kier molecular flexibility index (Phi) is 3.43. The van der Waals surface area contributed by atoms with E-state index in [0.717, 1.165) is 11.3 Å². The van der Waals surface area contributed by atoms with Crippen molar-refractivity contribution in [3.8, 4) is 22.2 Å². The maximum Gasteiger partial charge on any atom is 0.299 e. The van der Waals surface area contributed by atoms with Crippen LogP contribution < -0.4 is 4.74 Å². The molecular weight excluding hydrogens is 328 g/mol. The lowest BCUT2D eigenvalue weighted by atomic mass is 10.2. The van der Waals surface area contributed by atoms with Gasteiger partial charge >= 0.3 is 0 Å². The van der Waals surface area contributed by atoms with Gasteiger partial charge < -0.3 is 4.74 Å². The molecule has 118 valence electrons. The molecule has 2 heterocycles. The van der Waals surface area contributed by atoms with Crippen LogP contribution in [0.5, 0.6) is 10.9 Å². The molecule has 0 radical (unpaired) electrons. The smallest absolute Gasteiger partial charge is 0.299 e. The molecule has 2 aromatic carbocycles. The summed E-state index contributed by atoms with van der Waals surface area (Å²) in [5.41, 5.74) is 1.88. The third kappa shape index (κ3) is 2.70. The maximum atomic E-state index is 10.6. The van der Waals surface area contributed by atoms with Crippen molar-refractivity contribution in [1.29, 1.82) is 0 Å². The van der Waals surface area contributed by atoms with Crippen molar-refractivity contribution in [2.75, 3.05) is 0 Å². The third-order valence-corrected chi connectivity index (χ3v) is 4.15. The van der Waals surface area contributed by atoms with Crippen LogP contribution >= 0.6 is 11.3 Å². The van der Waals surface area contributed by atoms with Crippen molar-refractivity contribution in [2.24, 2.45) is 0 Å². The predicted molar refractivity (Wildman–Crippen MR) is 89.5 cm³/mol. The number of nitro groups is 1. The minimum Gasteiger partial charge on any atom is -0.430 e. The summed E-state index contributed by atoms with van der Waals surface area (Å²) in [6.07, 6.45) is 1.84. The molecule has 2 aromatic heterocycles. The lowest BCUT2D eigenvalue weighted by Gasteiger charge is -1.99. The number of hydrogen-bond acceptors (Lipinski definition) is 6. The Labute approximate surface area is 139 Å². The van der Waals surface area contributed by atoms with Gasteiger partial charge in [0.2, 0.25) is 4.96 Å². The molecule has 7 nitrogen and oxygen atoms in total. The number of benzene rings is 2. The average molecular weight is 338 g/mol. The molecule has 4 rings (SSSR count). The number of hydrogen-bond donors (Lipinski definition) is 0. The second kappa shape index (κ2) is 5.74. The molecule has 8 heteroatoms. The first kappa shape index (κ1) is 14.3. The molecule has 0 N–H and O–H groups in total. The van der Waals surface area contributed by atoms with Gasteiger partial charge in [-0.05, 0) is 23.5 Å². The molecule has 0 aliphatic carbocycles. The van der Waals surface area contributed by atoms with Crippen molar-refractivity contribution in [3.63, 3.8) is 0 Å². The SMILES string of the molecule is O=[N+]([O-])c1ccc(Oc2nn3cc(-c4ccccc4)nc3s2)cc1. The summed E-state index contributed by atoms with van der Waals surface area (Å²) in [5, 5.41) is 15.4. The van der Waals surface area contributed by atoms with Crippen LogP contribution in [0.1, 0.15) is 0 Å². The Bertz CT molecular complexity index is 977. The zero-order chi connectivity index (χ0) is 16.5. The van der Waals surface area contributed by atoms with Gasteiger partial charge in [0.05, 0.1) is 16.8 Å². The highest BCUT2D eigenvalue weighted by molar-refractivity contribution is 7.18. The van der Waals surface area contributed by atoms with Crippen LogP contribution in [-0.4, -0.2) is 19.5 Å². The Morgan fingerprint density at radius 3 is 2.50 bits per heavy atom. The predicted octanol–water partition coefficient (Wildman–Crippen LogP) is 4.16. The van der Waals surface area contributed by atoms with Gasteiger partial charge in [-0.15, -0.1) is 5.10 Å². The summed E-state index contributed by atoms with van der Waals surface area (Å²) in [4.78, 5) is 15.4. The monoisotopic (exact) mass is 338 g/mol. The van der Waals surface area contributed by atoms with E-state index in [1.165, 1.54) is 35.6 Å². The van der Waals surface area contributed by atoms with E-state index < -0.39 is 4.92 Å². The fraction of sp³-hybridized carbons (Fsp3) is 0. The summed E-state index contributed by atoms with van der Waals surface area (Å²) < 4.78 is 7.29. The molecule has 0 aliphatic rings. The van der Waals surface area contributed by atoms with Crippen LogP contribution in [0.15, 0.2) is 60.8 Å². The van der Waals surface area contributed by atoms with Crippen LogP contribution in [-0.2, 0) is 0 Å². The second-order valence-electron chi connectivity index (χ2n) is 4.94. The fourth-order valence-corrected chi connectivity index (χ4v) is 2.96. The van der Waals surface area contributed by atoms with Gasteiger partial charge in [0, 0.05) is 17.7 Å². The van der Waals surface area contributed by atoms with Gasteiger partial charge in [0.1, 0.15) is 5.75 Å². The van der Waals surface area contributed by atoms with Crippen LogP contribution in [0.2, 0.25) is 0 Å². The number of nitro benzene ring substituents is 1. The molecular formula is C16H10N4O3S. The van der Waals surface area contributed by atoms with E-state index in [9.17, 15) is 10.1 Å². The van der Waals surface area contributed by atoms with E-state index in [4.69, 9.17) is 4.74 Å². The molecule has 0 saturated carbocycles. The number of ether oxygens (including phenoxy) is 1. The van der Waals surface area contributed by atoms with Crippen molar-refractivity contribution in [2.45, 2.75) is 0 Å². The average Bonchev–Trinajstić information content (AvgIpc) is 3.14. The van der Waals surface area contributed by atoms with Gasteiger partial charge in [0.15, 0.2) is 0 Å². The molecule has 0 bridgehead atoms. The molecule has 0 unspecified atom stereocenters. The molecule has 0 aliphatic heterocycles. The van der Waals surface area contributed by atoms with Crippen LogP contribution in [0.3, 0.4) is 0 Å². The second-order valence-corrected chi connectivity index (χ2v) is 5.86. The number of nitrogens with zero attached hydrogens (tertiary/aromatic N) is 4. The van der Waals surface area contributed by atoms with Gasteiger partial charge in [-0.1, -0.05) is 30.3 Å². The minimum atomic E-state index is -0.452. The Hall–Kier alpha value is -3.26. The van der Waals surface area contributed by atoms with Gasteiger partial charge in [-0.3, -0.25) is 10.1 Å². The first-order valence-corrected chi connectivity index (χ1v) is 7.85. The molecule has 0 fully saturated rings. The van der Waals surface area contributed by atoms with Crippen LogP contribution in [0.25, 0.3) is 16.2 Å². The lowest BCUT2D eigenvalue weighted by molar-refractivity contribution is -0.384. The van der Waals surface area contributed by atoms with Crippen LogP contribution in [0.4, 0.5) is 5.69 Å². The van der Waals surface area contributed by atoms with E-state index in [1.807, 2.05) is 36.5 Å². The van der Waals surface area contributed by atoms with Crippen molar-refractivity contribution < 1.29 is 9.66 Å². The number of imidazole rings is 1. The van der Waals surface area contributed by atoms with Crippen molar-refractivity contribution in [1.82, 2.24) is 14.6 Å². The highest BCUT2D eigenvalue weighted by Gasteiger charge is 2.12. The summed E-state index contributed by atoms with van der Waals surface area (Å²) in [6, 6.07) is 15.7. The molecule has 4 aromatic rings. The van der Waals surface area contributed by atoms with E-state index >= 15 is 0 Å². The highest BCUT2D eigenvalue weighted by atomic mass is 32.1. The lowest BCUT2D eigenvalue weighted by Crippen LogP contribution is -1.89. The van der Waals surface area contributed by atoms with Crippen molar-refractivity contribution >= 4 is 22.0 Å². The third-order valence-electron chi connectivity index (χ3n) is 3.35. The first-order chi connectivity index (χ1) is 11.7. The topological polar surface area (TPSA) is 82.6 Å². The van der Waals surface area contributed by atoms with E-state index in [-0.39, 0.29) is 5.69 Å². The zero-order valence-electron chi connectivity index (χ0n) is 12.2. The Balaban J connectivity index is 1.57. The van der Waals surface area contributed by atoms with Gasteiger partial charge in [-0.25, -0.2) is 9.50 Å². The summed E-state index contributed by atoms with van der Waals surface area (Å²) in [5.74, 6) is 0.487. The van der Waals surface area contributed by atoms with Crippen LogP contribution in [0, 0.1) is 10.1 Å².